The lowest BCUT2D eigenvalue weighted by atomic mass is 9.95. The summed E-state index contributed by atoms with van der Waals surface area (Å²) in [4.78, 5) is 0. The van der Waals surface area contributed by atoms with Crippen LogP contribution in [0.1, 0.15) is 89.7 Å². The first-order valence-electron chi connectivity index (χ1n) is 12.0. The van der Waals surface area contributed by atoms with Gasteiger partial charge in [-0.25, -0.2) is 0 Å². The first kappa shape index (κ1) is 26.9. The number of quaternary nitrogens is 1. The molecule has 0 spiro atoms. The van der Waals surface area contributed by atoms with Crippen LogP contribution < -0.4 is 12.4 Å². The summed E-state index contributed by atoms with van der Waals surface area (Å²) < 4.78 is 0.863. The average molecular weight is 434 g/mol. The molecule has 0 heterocycles. The molecular weight excluding hydrogens is 390 g/mol. The van der Waals surface area contributed by atoms with Crippen molar-refractivity contribution < 1.29 is 22.0 Å². The first-order valence-corrected chi connectivity index (χ1v) is 12.0. The number of aliphatic hydroxyl groups is 1. The smallest absolute Gasteiger partial charge is 0.131 e. The molecule has 0 aromatic heterocycles. The van der Waals surface area contributed by atoms with E-state index in [1.165, 1.54) is 75.0 Å². The van der Waals surface area contributed by atoms with Crippen molar-refractivity contribution in [2.24, 2.45) is 0 Å². The van der Waals surface area contributed by atoms with Gasteiger partial charge >= 0.3 is 0 Å². The second-order valence-corrected chi connectivity index (χ2v) is 9.44. The minimum atomic E-state index is -0.445. The molecule has 0 bridgehead atoms. The number of unbranched alkanes of at least 4 members (excludes halogenated alkanes) is 9. The lowest BCUT2D eigenvalue weighted by Gasteiger charge is -2.39. The van der Waals surface area contributed by atoms with Crippen LogP contribution in [0.5, 0.6) is 0 Å². The molecule has 0 fully saturated rings. The summed E-state index contributed by atoms with van der Waals surface area (Å²) in [5.41, 5.74) is 1.06. The standard InChI is InChI=1S/C27H44NO.ClH/c1-5-6-7-8-9-10-11-12-13-16-22-28(3,4)23(2)27(29)26-21-17-19-24-18-14-15-20-25(24)26;/h14-15,17-21,23,27,29H,5-13,16,22H2,1-4H3;1H/q+1;/p-1. The van der Waals surface area contributed by atoms with Crippen molar-refractivity contribution in [3.63, 3.8) is 0 Å². The molecule has 2 nitrogen and oxygen atoms in total. The van der Waals surface area contributed by atoms with E-state index in [1.807, 2.05) is 0 Å². The molecule has 0 saturated heterocycles. The van der Waals surface area contributed by atoms with Crippen molar-refractivity contribution in [1.82, 2.24) is 0 Å². The van der Waals surface area contributed by atoms with Gasteiger partial charge in [0, 0.05) is 0 Å². The average Bonchev–Trinajstić information content (AvgIpc) is 2.73. The van der Waals surface area contributed by atoms with Gasteiger partial charge in [-0.1, -0.05) is 101 Å². The number of likely N-dealkylation sites (N-methyl/N-ethyl adjacent to an activating group) is 1. The summed E-state index contributed by atoms with van der Waals surface area (Å²) in [5, 5.41) is 13.5. The normalized spacial score (nSPS) is 13.8. The van der Waals surface area contributed by atoms with Gasteiger partial charge in [0.15, 0.2) is 0 Å². The highest BCUT2D eigenvalue weighted by molar-refractivity contribution is 5.86. The molecule has 2 aromatic carbocycles. The van der Waals surface area contributed by atoms with Gasteiger partial charge in [-0.05, 0) is 36.1 Å². The van der Waals surface area contributed by atoms with E-state index >= 15 is 0 Å². The lowest BCUT2D eigenvalue weighted by molar-refractivity contribution is -0.917. The second kappa shape index (κ2) is 14.1. The fourth-order valence-corrected chi connectivity index (χ4v) is 4.36. The van der Waals surface area contributed by atoms with Gasteiger partial charge in [-0.2, -0.15) is 0 Å². The van der Waals surface area contributed by atoms with E-state index in [4.69, 9.17) is 0 Å². The summed E-state index contributed by atoms with van der Waals surface area (Å²) in [7, 11) is 4.54. The number of halogens is 1. The second-order valence-electron chi connectivity index (χ2n) is 9.44. The number of aliphatic hydroxyl groups excluding tert-OH is 1. The van der Waals surface area contributed by atoms with E-state index in [0.717, 1.165) is 16.6 Å². The molecule has 170 valence electrons. The third kappa shape index (κ3) is 8.21. The van der Waals surface area contributed by atoms with Gasteiger partial charge < -0.3 is 22.0 Å². The van der Waals surface area contributed by atoms with Crippen LogP contribution in [0.2, 0.25) is 0 Å². The number of hydrogen-bond acceptors (Lipinski definition) is 1. The summed E-state index contributed by atoms with van der Waals surface area (Å²) >= 11 is 0. The zero-order chi connectivity index (χ0) is 21.1. The fraction of sp³-hybridized carbons (Fsp3) is 0.630. The van der Waals surface area contributed by atoms with Crippen molar-refractivity contribution in [2.75, 3.05) is 20.6 Å². The Balaban J connectivity index is 0.00000450. The van der Waals surface area contributed by atoms with Gasteiger partial charge in [0.2, 0.25) is 0 Å². The predicted molar refractivity (Wildman–Crippen MR) is 127 cm³/mol. The molecule has 0 aliphatic rings. The zero-order valence-corrected chi connectivity index (χ0v) is 20.5. The van der Waals surface area contributed by atoms with Crippen LogP contribution in [-0.4, -0.2) is 36.3 Å². The molecule has 2 atom stereocenters. The molecule has 2 rings (SSSR count). The highest BCUT2D eigenvalue weighted by Crippen LogP contribution is 2.30. The van der Waals surface area contributed by atoms with Crippen LogP contribution in [0.25, 0.3) is 10.8 Å². The Bertz CT molecular complexity index is 710. The SMILES string of the molecule is CCCCCCCCCCCC[N+](C)(C)C(C)C(O)c1cccc2ccccc12.[Cl-]. The molecule has 0 aliphatic heterocycles. The zero-order valence-electron chi connectivity index (χ0n) is 19.7. The minimum Gasteiger partial charge on any atom is -1.00 e. The largest absolute Gasteiger partial charge is 1.00 e. The van der Waals surface area contributed by atoms with E-state index in [1.54, 1.807) is 0 Å². The molecule has 3 heteroatoms. The van der Waals surface area contributed by atoms with E-state index in [9.17, 15) is 5.11 Å². The van der Waals surface area contributed by atoms with Gasteiger partial charge in [0.1, 0.15) is 12.1 Å². The lowest BCUT2D eigenvalue weighted by Crippen LogP contribution is -3.00. The van der Waals surface area contributed by atoms with Crippen molar-refractivity contribution in [3.8, 4) is 0 Å². The summed E-state index contributed by atoms with van der Waals surface area (Å²) in [5.74, 6) is 0. The van der Waals surface area contributed by atoms with Gasteiger partial charge in [-0.15, -0.1) is 0 Å². The number of nitrogens with zero attached hydrogens (tertiary/aromatic N) is 1. The Hall–Kier alpha value is -1.09. The third-order valence-electron chi connectivity index (χ3n) is 6.79. The molecule has 2 aromatic rings. The molecule has 1 N–H and O–H groups in total. The topological polar surface area (TPSA) is 20.2 Å². The Kier molecular flexibility index (Phi) is 12.6. The van der Waals surface area contributed by atoms with E-state index in [2.05, 4.69) is 70.4 Å². The Morgan fingerprint density at radius 2 is 1.30 bits per heavy atom. The highest BCUT2D eigenvalue weighted by atomic mass is 35.5. The summed E-state index contributed by atoms with van der Waals surface area (Å²) in [6.45, 7) is 5.60. The summed E-state index contributed by atoms with van der Waals surface area (Å²) in [6, 6.07) is 14.8. The number of hydrogen-bond donors (Lipinski definition) is 1. The highest BCUT2D eigenvalue weighted by Gasteiger charge is 2.31. The van der Waals surface area contributed by atoms with Crippen LogP contribution in [0, 0.1) is 0 Å². The van der Waals surface area contributed by atoms with Crippen molar-refractivity contribution >= 4 is 10.8 Å². The minimum absolute atomic E-state index is 0. The molecule has 30 heavy (non-hydrogen) atoms. The van der Waals surface area contributed by atoms with Gasteiger partial charge in [0.05, 0.1) is 20.6 Å². The molecule has 0 amide bonds. The maximum absolute atomic E-state index is 11.2. The molecule has 0 aliphatic carbocycles. The van der Waals surface area contributed by atoms with E-state index in [-0.39, 0.29) is 18.4 Å². The van der Waals surface area contributed by atoms with Crippen LogP contribution in [0.3, 0.4) is 0 Å². The number of rotatable bonds is 14. The van der Waals surface area contributed by atoms with Crippen molar-refractivity contribution in [1.29, 1.82) is 0 Å². The summed E-state index contributed by atoms with van der Waals surface area (Å²) in [6.07, 6.45) is 13.2. The monoisotopic (exact) mass is 433 g/mol. The quantitative estimate of drug-likeness (QED) is 0.348. The first-order chi connectivity index (χ1) is 14.0. The van der Waals surface area contributed by atoms with Gasteiger partial charge in [0.25, 0.3) is 0 Å². The number of benzene rings is 2. The van der Waals surface area contributed by atoms with Gasteiger partial charge in [-0.3, -0.25) is 0 Å². The van der Waals surface area contributed by atoms with Crippen LogP contribution in [0.4, 0.5) is 0 Å². The van der Waals surface area contributed by atoms with E-state index < -0.39 is 6.10 Å². The van der Waals surface area contributed by atoms with Crippen molar-refractivity contribution in [3.05, 3.63) is 48.0 Å². The molecule has 0 radical (unpaired) electrons. The van der Waals surface area contributed by atoms with Crippen molar-refractivity contribution in [2.45, 2.75) is 90.2 Å². The maximum Gasteiger partial charge on any atom is 0.131 e. The van der Waals surface area contributed by atoms with Crippen LogP contribution in [0.15, 0.2) is 42.5 Å². The maximum atomic E-state index is 11.2. The number of fused-ring (bicyclic) bond motifs is 1. The van der Waals surface area contributed by atoms with Crippen LogP contribution in [-0.2, 0) is 0 Å². The predicted octanol–water partition coefficient (Wildman–Crippen LogP) is 4.26. The van der Waals surface area contributed by atoms with E-state index in [0.29, 0.717) is 0 Å². The molecule has 2 unspecified atom stereocenters. The third-order valence-corrected chi connectivity index (χ3v) is 6.79. The Morgan fingerprint density at radius 3 is 1.93 bits per heavy atom. The fourth-order valence-electron chi connectivity index (χ4n) is 4.36. The Labute approximate surface area is 191 Å². The van der Waals surface area contributed by atoms with Crippen LogP contribution >= 0.6 is 0 Å². The molecular formula is C27H44ClNO. The Morgan fingerprint density at radius 1 is 0.767 bits per heavy atom. The molecule has 0 saturated carbocycles.